The van der Waals surface area contributed by atoms with E-state index in [1.807, 2.05) is 0 Å². The summed E-state index contributed by atoms with van der Waals surface area (Å²) >= 11 is 0. The van der Waals surface area contributed by atoms with Crippen LogP contribution in [-0.4, -0.2) is 121 Å². The minimum absolute atomic E-state index is 0. The fourth-order valence-electron chi connectivity index (χ4n) is 11.7. The van der Waals surface area contributed by atoms with E-state index in [9.17, 15) is 4.80 Å². The molecule has 0 radical (unpaired) electrons. The van der Waals surface area contributed by atoms with Crippen LogP contribution in [0.4, 0.5) is 0 Å². The molecule has 0 amide bonds. The van der Waals surface area contributed by atoms with Crippen LogP contribution in [0.25, 0.3) is 0 Å². The zero-order chi connectivity index (χ0) is 48.3. The number of halogens is 3. The molecule has 3 heterocycles. The summed E-state index contributed by atoms with van der Waals surface area (Å²) in [6.07, 6.45) is 7.67. The second-order valence-electron chi connectivity index (χ2n) is 27.4. The summed E-state index contributed by atoms with van der Waals surface area (Å²) in [5.41, 5.74) is 0. The SMILES string of the molecule is C1CCOC1.C1CCOC1.C1CCOC1.C[Si](C)(C)[C-]([Si](C)(C)C)[Si](C)(C)C.C[Si](C)(C)[C-]([Si](C)(C)C)[Si](C)(C)C.C[Si](C)(C)[C-]([Si](C)(C)C)[Si](C)(C)C.C[Si](C)(C)[O-].[Br-].[Br-].[Br-].[Cd+2].[Cd].[Cd].[Li+].[Li+].[Li+]. The Balaban J connectivity index is -0.0000000478. The van der Waals surface area contributed by atoms with Gasteiger partial charge in [-0.3, -0.25) is 0 Å². The Morgan fingerprint density at radius 1 is 0.265 bits per heavy atom. The van der Waals surface area contributed by atoms with Gasteiger partial charge in [-0.1, -0.05) is 205 Å². The number of hydrogen-bond donors (Lipinski definition) is 0. The van der Waals surface area contributed by atoms with Crippen molar-refractivity contribution >= 4 is 81.0 Å². The first-order valence-electron chi connectivity index (χ1n) is 23.7. The summed E-state index contributed by atoms with van der Waals surface area (Å²) < 4.78 is 14.8. The fourth-order valence-corrected chi connectivity index (χ4v) is 92.7. The molecule has 0 unspecified atom stereocenters. The van der Waals surface area contributed by atoms with E-state index in [1.54, 1.807) is 19.6 Å². The van der Waals surface area contributed by atoms with Crippen molar-refractivity contribution in [1.29, 1.82) is 0 Å². The van der Waals surface area contributed by atoms with Crippen molar-refractivity contribution in [2.24, 2.45) is 0 Å². The fraction of sp³-hybridized carbons (Fsp3) is 0.933. The normalized spacial score (nSPS) is 14.9. The molecular weight excluding hydrogens is 1480 g/mol. The van der Waals surface area contributed by atoms with Crippen molar-refractivity contribution < 1.29 is 208 Å². The van der Waals surface area contributed by atoms with E-state index in [1.165, 1.54) is 38.5 Å². The molecule has 0 bridgehead atoms. The molecule has 3 aliphatic rings. The maximum Gasteiger partial charge on any atom is 2.00 e. The Morgan fingerprint density at radius 2 is 0.338 bits per heavy atom. The third-order valence-corrected chi connectivity index (χ3v) is 63.2. The summed E-state index contributed by atoms with van der Waals surface area (Å²) in [5.74, 6) is 0. The predicted octanol–water partition coefficient (Wildman–Crippen LogP) is -2.83. The molecule has 68 heavy (non-hydrogen) atoms. The Hall–Kier alpha value is 8.01. The molecule has 0 aliphatic carbocycles. The van der Waals surface area contributed by atoms with E-state index in [0.717, 1.165) is 39.6 Å². The van der Waals surface area contributed by atoms with E-state index in [0.29, 0.717) is 0 Å². The molecule has 3 saturated heterocycles. The standard InChI is InChI=1S/3C10H27Si3.3C4H8O.C3H9OSi.3BrH.3Cd.3Li/c3*1-11(2,3)10(12(4,5)6)13(7,8)9;3*1-2-4-5-3-1;1-5(2,3)4;;;;;;;;;/h3*1-9H3;3*1-4H2;1-3H3;3*1H;;;;;;/q3*-1;;;;-1;;;;;;+2;3*+1/p-3. The summed E-state index contributed by atoms with van der Waals surface area (Å²) in [4.78, 5) is 16.4. The van der Waals surface area contributed by atoms with Gasteiger partial charge in [-0.05, 0) is 38.5 Å². The molecular formula is C45H114Br3Cd3Li3O4Si10-2. The van der Waals surface area contributed by atoms with Crippen LogP contribution >= 0.6 is 0 Å². The van der Waals surface area contributed by atoms with Gasteiger partial charge in [-0.15, -0.1) is 72.7 Å². The van der Waals surface area contributed by atoms with Crippen LogP contribution in [0.5, 0.6) is 0 Å². The Morgan fingerprint density at radius 3 is 0.353 bits per heavy atom. The molecule has 3 fully saturated rings. The van der Waals surface area contributed by atoms with E-state index < -0.39 is 81.0 Å². The molecule has 3 aliphatic heterocycles. The van der Waals surface area contributed by atoms with Gasteiger partial charge >= 0.3 is 83.9 Å². The molecule has 0 aromatic carbocycles. The minimum atomic E-state index is -1.86. The van der Waals surface area contributed by atoms with Crippen LogP contribution in [0, 0.1) is 14.4 Å². The third-order valence-electron chi connectivity index (χ3n) is 9.23. The van der Waals surface area contributed by atoms with Crippen LogP contribution in [0.2, 0.25) is 196 Å². The maximum absolute atomic E-state index is 10.2. The van der Waals surface area contributed by atoms with Crippen molar-refractivity contribution in [3.05, 3.63) is 14.4 Å². The molecule has 0 atom stereocenters. The van der Waals surface area contributed by atoms with E-state index in [-0.39, 0.29) is 189 Å². The molecule has 0 spiro atoms. The Bertz CT molecular complexity index is 826. The molecule has 23 heteroatoms. The number of ether oxygens (including phenoxy) is 3. The molecule has 0 N–H and O–H groups in total. The molecule has 3 rings (SSSR count). The Kier molecular flexibility index (Phi) is 76.9. The van der Waals surface area contributed by atoms with Crippen LogP contribution in [0.1, 0.15) is 38.5 Å². The first-order valence-corrected chi connectivity index (χ1v) is 58.6. The van der Waals surface area contributed by atoms with Gasteiger partial charge in [-0.2, -0.15) is 0 Å². The zero-order valence-corrected chi connectivity index (χ0v) is 79.7. The van der Waals surface area contributed by atoms with Gasteiger partial charge in [0.05, 0.1) is 0 Å². The maximum atomic E-state index is 10.2. The van der Waals surface area contributed by atoms with Gasteiger partial charge < -0.3 is 84.3 Å². The van der Waals surface area contributed by atoms with E-state index >= 15 is 0 Å². The smallest absolute Gasteiger partial charge is 1.00 e. The number of hydrogen-bond acceptors (Lipinski definition) is 4. The van der Waals surface area contributed by atoms with Gasteiger partial charge in [0.25, 0.3) is 0 Å². The van der Waals surface area contributed by atoms with Crippen molar-refractivity contribution in [1.82, 2.24) is 0 Å². The van der Waals surface area contributed by atoms with Crippen LogP contribution < -0.4 is 112 Å². The molecule has 4 nitrogen and oxygen atoms in total. The average Bonchev–Trinajstić information content (AvgIpc) is 3.69. The van der Waals surface area contributed by atoms with Crippen molar-refractivity contribution in [3.8, 4) is 0 Å². The first-order chi connectivity index (χ1) is 25.6. The van der Waals surface area contributed by atoms with Crippen LogP contribution in [-0.2, 0) is 96.1 Å². The minimum Gasteiger partial charge on any atom is -1.00 e. The Labute approximate surface area is 569 Å². The quantitative estimate of drug-likeness (QED) is 0.185. The zero-order valence-electron chi connectivity index (χ0n) is 52.9. The molecule has 390 valence electrons. The first kappa shape index (κ1) is 108. The summed E-state index contributed by atoms with van der Waals surface area (Å²) in [6.45, 7) is 79.5. The van der Waals surface area contributed by atoms with Crippen molar-refractivity contribution in [2.45, 2.75) is 235 Å². The van der Waals surface area contributed by atoms with Gasteiger partial charge in [0, 0.05) is 94.2 Å². The molecule has 0 aromatic rings. The molecule has 0 aromatic heterocycles. The summed E-state index contributed by atoms with van der Waals surface area (Å²) in [5, 5.41) is 0. The summed E-state index contributed by atoms with van der Waals surface area (Å²) in [7, 11) is -11.0. The predicted molar refractivity (Wildman–Crippen MR) is 303 cm³/mol. The van der Waals surface area contributed by atoms with Gasteiger partial charge in [-0.25, -0.2) is 0 Å². The summed E-state index contributed by atoms with van der Waals surface area (Å²) in [6, 6.07) is 0. The van der Waals surface area contributed by atoms with Crippen molar-refractivity contribution in [3.63, 3.8) is 0 Å². The molecule has 0 saturated carbocycles. The van der Waals surface area contributed by atoms with Crippen LogP contribution in [0.15, 0.2) is 0 Å². The third kappa shape index (κ3) is 66.5. The van der Waals surface area contributed by atoms with Gasteiger partial charge in [0.2, 0.25) is 0 Å². The van der Waals surface area contributed by atoms with E-state index in [2.05, 4.69) is 191 Å². The number of rotatable bonds is 9. The van der Waals surface area contributed by atoms with Crippen molar-refractivity contribution in [2.75, 3.05) is 39.6 Å². The van der Waals surface area contributed by atoms with Gasteiger partial charge in [0.1, 0.15) is 0 Å². The van der Waals surface area contributed by atoms with Gasteiger partial charge in [0.15, 0.2) is 0 Å². The monoisotopic (exact) mass is 1600 g/mol. The second-order valence-corrected chi connectivity index (χ2v) is 81.2. The van der Waals surface area contributed by atoms with Crippen LogP contribution in [0.3, 0.4) is 0 Å². The topological polar surface area (TPSA) is 50.8 Å². The average molecular weight is 1600 g/mol. The van der Waals surface area contributed by atoms with E-state index in [4.69, 9.17) is 14.2 Å². The largest absolute Gasteiger partial charge is 2.00 e. The second kappa shape index (κ2) is 48.5.